The maximum absolute atomic E-state index is 9.06. The summed E-state index contributed by atoms with van der Waals surface area (Å²) in [6, 6.07) is 0. The van der Waals surface area contributed by atoms with Crippen molar-refractivity contribution in [3.05, 3.63) is 0 Å². The third-order valence-electron chi connectivity index (χ3n) is 1.61. The predicted octanol–water partition coefficient (Wildman–Crippen LogP) is -0.483. The van der Waals surface area contributed by atoms with Crippen molar-refractivity contribution < 1.29 is 14.9 Å². The van der Waals surface area contributed by atoms with Gasteiger partial charge >= 0.3 is 0 Å². The van der Waals surface area contributed by atoms with Crippen LogP contribution in [0.25, 0.3) is 0 Å². The van der Waals surface area contributed by atoms with Gasteiger partial charge in [-0.25, -0.2) is 0 Å². The number of hydrogen-bond acceptors (Lipinski definition) is 3. The molecule has 2 N–H and O–H groups in total. The number of ether oxygens (including phenoxy) is 1. The van der Waals surface area contributed by atoms with Gasteiger partial charge in [-0.3, -0.25) is 0 Å². The molecule has 0 saturated carbocycles. The number of rotatable bonds is 0. The maximum atomic E-state index is 9.06. The van der Waals surface area contributed by atoms with E-state index in [1.54, 1.807) is 6.92 Å². The molecule has 0 spiro atoms. The summed E-state index contributed by atoms with van der Waals surface area (Å²) in [5, 5.41) is 18.0. The fraction of sp³-hybridized carbons (Fsp3) is 1.00. The standard InChI is InChI=1S/C6H12O3/c1-4-6(8)2-5(7)3-9-4/h4-8H,2-3H2,1H3/t4-,5?,6?/m0/s1. The summed E-state index contributed by atoms with van der Waals surface area (Å²) in [6.07, 6.45) is -0.639. The first-order valence-corrected chi connectivity index (χ1v) is 3.18. The van der Waals surface area contributed by atoms with E-state index in [4.69, 9.17) is 14.9 Å². The van der Waals surface area contributed by atoms with Gasteiger partial charge < -0.3 is 14.9 Å². The Morgan fingerprint density at radius 2 is 2.11 bits per heavy atom. The quantitative estimate of drug-likeness (QED) is 0.468. The Labute approximate surface area is 54.3 Å². The number of hydrogen-bond donors (Lipinski definition) is 2. The van der Waals surface area contributed by atoms with Crippen LogP contribution in [0.3, 0.4) is 0 Å². The molecule has 0 aromatic rings. The molecule has 0 aromatic heterocycles. The topological polar surface area (TPSA) is 49.7 Å². The van der Waals surface area contributed by atoms with Crippen LogP contribution in [0.15, 0.2) is 0 Å². The van der Waals surface area contributed by atoms with Crippen molar-refractivity contribution >= 4 is 0 Å². The van der Waals surface area contributed by atoms with E-state index in [1.165, 1.54) is 0 Å². The van der Waals surface area contributed by atoms with E-state index in [0.29, 0.717) is 13.0 Å². The van der Waals surface area contributed by atoms with E-state index >= 15 is 0 Å². The fourth-order valence-electron chi connectivity index (χ4n) is 0.912. The van der Waals surface area contributed by atoms with Gasteiger partial charge in [-0.05, 0) is 6.92 Å². The first-order valence-electron chi connectivity index (χ1n) is 3.18. The van der Waals surface area contributed by atoms with Crippen LogP contribution in [0.1, 0.15) is 13.3 Å². The lowest BCUT2D eigenvalue weighted by Crippen LogP contribution is -2.39. The Morgan fingerprint density at radius 1 is 1.44 bits per heavy atom. The Hall–Kier alpha value is -0.120. The minimum atomic E-state index is -0.492. The molecular formula is C6H12O3. The molecule has 1 aliphatic heterocycles. The van der Waals surface area contributed by atoms with Crippen molar-refractivity contribution in [2.24, 2.45) is 0 Å². The molecule has 0 amide bonds. The Kier molecular flexibility index (Phi) is 2.05. The number of aliphatic hydroxyl groups excluding tert-OH is 2. The molecule has 3 atom stereocenters. The lowest BCUT2D eigenvalue weighted by Gasteiger charge is -2.28. The highest BCUT2D eigenvalue weighted by Gasteiger charge is 2.24. The highest BCUT2D eigenvalue weighted by molar-refractivity contribution is 4.74. The van der Waals surface area contributed by atoms with Gasteiger partial charge in [0.25, 0.3) is 0 Å². The Balaban J connectivity index is 2.35. The van der Waals surface area contributed by atoms with Gasteiger partial charge in [-0.15, -0.1) is 0 Å². The molecule has 0 radical (unpaired) electrons. The zero-order chi connectivity index (χ0) is 6.85. The highest BCUT2D eigenvalue weighted by Crippen LogP contribution is 2.12. The average molecular weight is 132 g/mol. The molecule has 3 nitrogen and oxygen atoms in total. The van der Waals surface area contributed by atoms with Gasteiger partial charge in [0, 0.05) is 6.42 Å². The van der Waals surface area contributed by atoms with E-state index in [9.17, 15) is 0 Å². The molecule has 54 valence electrons. The van der Waals surface area contributed by atoms with Crippen LogP contribution in [0.2, 0.25) is 0 Å². The lowest BCUT2D eigenvalue weighted by atomic mass is 10.1. The maximum Gasteiger partial charge on any atom is 0.0824 e. The van der Waals surface area contributed by atoms with Crippen molar-refractivity contribution in [2.45, 2.75) is 31.7 Å². The van der Waals surface area contributed by atoms with E-state index < -0.39 is 12.2 Å². The molecule has 0 aromatic carbocycles. The minimum absolute atomic E-state index is 0.117. The van der Waals surface area contributed by atoms with Gasteiger partial charge in [0.15, 0.2) is 0 Å². The highest BCUT2D eigenvalue weighted by atomic mass is 16.5. The van der Waals surface area contributed by atoms with E-state index in [0.717, 1.165) is 0 Å². The molecule has 0 aliphatic carbocycles. The molecule has 1 fully saturated rings. The van der Waals surface area contributed by atoms with Crippen LogP contribution in [-0.2, 0) is 4.74 Å². The van der Waals surface area contributed by atoms with Crippen LogP contribution in [-0.4, -0.2) is 35.1 Å². The lowest BCUT2D eigenvalue weighted by molar-refractivity contribution is -0.115. The second-order valence-corrected chi connectivity index (χ2v) is 2.50. The minimum Gasteiger partial charge on any atom is -0.391 e. The summed E-state index contributed by atoms with van der Waals surface area (Å²) in [4.78, 5) is 0. The zero-order valence-electron chi connectivity index (χ0n) is 5.45. The molecule has 3 heteroatoms. The molecule has 9 heavy (non-hydrogen) atoms. The van der Waals surface area contributed by atoms with Gasteiger partial charge in [0.05, 0.1) is 24.9 Å². The second-order valence-electron chi connectivity index (χ2n) is 2.50. The molecule has 1 aliphatic rings. The first-order chi connectivity index (χ1) is 4.20. The first kappa shape index (κ1) is 6.99. The van der Waals surface area contributed by atoms with Crippen LogP contribution >= 0.6 is 0 Å². The van der Waals surface area contributed by atoms with Gasteiger partial charge in [-0.2, -0.15) is 0 Å². The summed E-state index contributed by atoms with van der Waals surface area (Å²) in [5.41, 5.74) is 0. The van der Waals surface area contributed by atoms with Gasteiger partial charge in [0.2, 0.25) is 0 Å². The van der Waals surface area contributed by atoms with Crippen molar-refractivity contribution in [3.63, 3.8) is 0 Å². The van der Waals surface area contributed by atoms with E-state index in [1.807, 2.05) is 0 Å². The second kappa shape index (κ2) is 2.64. The zero-order valence-corrected chi connectivity index (χ0v) is 5.45. The largest absolute Gasteiger partial charge is 0.391 e. The summed E-state index contributed by atoms with van der Waals surface area (Å²) < 4.78 is 5.00. The van der Waals surface area contributed by atoms with E-state index in [-0.39, 0.29) is 6.10 Å². The summed E-state index contributed by atoms with van der Waals surface area (Å²) in [5.74, 6) is 0. The molecule has 1 rings (SSSR count). The SMILES string of the molecule is C[C@@H]1OCC(O)CC1O. The molecule has 2 unspecified atom stereocenters. The smallest absolute Gasteiger partial charge is 0.0824 e. The third-order valence-corrected chi connectivity index (χ3v) is 1.61. The Morgan fingerprint density at radius 3 is 2.56 bits per heavy atom. The van der Waals surface area contributed by atoms with Crippen LogP contribution < -0.4 is 0 Å². The number of aliphatic hydroxyl groups is 2. The fourth-order valence-corrected chi connectivity index (χ4v) is 0.912. The van der Waals surface area contributed by atoms with E-state index in [2.05, 4.69) is 0 Å². The predicted molar refractivity (Wildman–Crippen MR) is 32.0 cm³/mol. The molecule has 1 saturated heterocycles. The molecular weight excluding hydrogens is 120 g/mol. The Bertz CT molecular complexity index is 94.3. The monoisotopic (exact) mass is 132 g/mol. The van der Waals surface area contributed by atoms with Gasteiger partial charge in [0.1, 0.15) is 0 Å². The summed E-state index contributed by atoms with van der Waals surface area (Å²) in [6.45, 7) is 2.16. The summed E-state index contributed by atoms with van der Waals surface area (Å²) in [7, 11) is 0. The van der Waals surface area contributed by atoms with Crippen LogP contribution in [0.4, 0.5) is 0 Å². The average Bonchev–Trinajstić information content (AvgIpc) is 1.80. The normalized spacial score (nSPS) is 45.0. The van der Waals surface area contributed by atoms with Crippen molar-refractivity contribution in [2.75, 3.05) is 6.61 Å². The van der Waals surface area contributed by atoms with Crippen molar-refractivity contribution in [1.29, 1.82) is 0 Å². The van der Waals surface area contributed by atoms with Gasteiger partial charge in [-0.1, -0.05) is 0 Å². The van der Waals surface area contributed by atoms with Crippen molar-refractivity contribution in [3.8, 4) is 0 Å². The van der Waals surface area contributed by atoms with Crippen molar-refractivity contribution in [1.82, 2.24) is 0 Å². The molecule has 1 heterocycles. The van der Waals surface area contributed by atoms with Crippen LogP contribution in [0.5, 0.6) is 0 Å². The van der Waals surface area contributed by atoms with Crippen LogP contribution in [0, 0.1) is 0 Å². The molecule has 0 bridgehead atoms. The third kappa shape index (κ3) is 1.64. The summed E-state index contributed by atoms with van der Waals surface area (Å²) >= 11 is 0.